The maximum Gasteiger partial charge on any atom is 0.248 e. The number of hydrogen-bond donors (Lipinski definition) is 1. The number of imide groups is 1. The van der Waals surface area contributed by atoms with Crippen molar-refractivity contribution >= 4 is 11.8 Å². The lowest BCUT2D eigenvalue weighted by Gasteiger charge is -2.37. The molecule has 0 spiro atoms. The first kappa shape index (κ1) is 8.05. The highest BCUT2D eigenvalue weighted by Crippen LogP contribution is 2.65. The Balaban J connectivity index is 1.86. The van der Waals surface area contributed by atoms with Gasteiger partial charge in [-0.15, -0.1) is 0 Å². The van der Waals surface area contributed by atoms with Crippen molar-refractivity contribution in [3.8, 4) is 0 Å². The van der Waals surface area contributed by atoms with E-state index in [1.54, 1.807) is 0 Å². The fourth-order valence-corrected chi connectivity index (χ4v) is 3.98. The highest BCUT2D eigenvalue weighted by Gasteiger charge is 2.66. The van der Waals surface area contributed by atoms with Gasteiger partial charge in [0.25, 0.3) is 0 Å². The molecule has 1 heterocycles. The summed E-state index contributed by atoms with van der Waals surface area (Å²) >= 11 is 0. The highest BCUT2D eigenvalue weighted by molar-refractivity contribution is 6.05. The Hall–Kier alpha value is -1.16. The van der Waals surface area contributed by atoms with E-state index in [1.807, 2.05) is 0 Å². The van der Waals surface area contributed by atoms with Crippen molar-refractivity contribution in [2.24, 2.45) is 41.4 Å². The van der Waals surface area contributed by atoms with E-state index in [0.717, 1.165) is 5.01 Å². The molecular formula is C11H12N2O2. The molecule has 4 nitrogen and oxygen atoms in total. The Labute approximate surface area is 87.1 Å². The van der Waals surface area contributed by atoms with Crippen LogP contribution in [0.15, 0.2) is 12.2 Å². The van der Waals surface area contributed by atoms with Crippen LogP contribution in [0.4, 0.5) is 0 Å². The van der Waals surface area contributed by atoms with Crippen LogP contribution in [0.2, 0.25) is 0 Å². The molecular weight excluding hydrogens is 192 g/mol. The van der Waals surface area contributed by atoms with Gasteiger partial charge >= 0.3 is 0 Å². The molecule has 4 aliphatic carbocycles. The van der Waals surface area contributed by atoms with Gasteiger partial charge in [0.05, 0.1) is 11.8 Å². The molecule has 0 aromatic carbocycles. The van der Waals surface area contributed by atoms with Crippen molar-refractivity contribution in [3.05, 3.63) is 12.2 Å². The zero-order valence-corrected chi connectivity index (χ0v) is 8.17. The van der Waals surface area contributed by atoms with Crippen LogP contribution in [0.25, 0.3) is 0 Å². The summed E-state index contributed by atoms with van der Waals surface area (Å²) in [5.41, 5.74) is 0. The molecule has 0 unspecified atom stereocenters. The van der Waals surface area contributed by atoms with Gasteiger partial charge in [-0.05, 0) is 30.1 Å². The van der Waals surface area contributed by atoms with Gasteiger partial charge in [0.15, 0.2) is 0 Å². The minimum absolute atomic E-state index is 0.138. The number of nitrogens with zero attached hydrogens (tertiary/aromatic N) is 1. The van der Waals surface area contributed by atoms with Crippen LogP contribution >= 0.6 is 0 Å². The normalized spacial score (nSPS) is 54.6. The molecule has 0 aromatic rings. The molecule has 2 amide bonds. The third kappa shape index (κ3) is 0.718. The summed E-state index contributed by atoms with van der Waals surface area (Å²) in [5, 5.41) is 0.854. The first-order valence-electron chi connectivity index (χ1n) is 5.51. The van der Waals surface area contributed by atoms with E-state index in [2.05, 4.69) is 12.2 Å². The molecule has 2 saturated carbocycles. The van der Waals surface area contributed by atoms with Crippen molar-refractivity contribution in [2.45, 2.75) is 6.42 Å². The van der Waals surface area contributed by atoms with E-state index in [0.29, 0.717) is 11.8 Å². The van der Waals surface area contributed by atoms with Gasteiger partial charge in [-0.2, -0.15) is 0 Å². The monoisotopic (exact) mass is 204 g/mol. The molecule has 0 aromatic heterocycles. The zero-order valence-electron chi connectivity index (χ0n) is 8.17. The van der Waals surface area contributed by atoms with E-state index in [4.69, 9.17) is 5.84 Å². The van der Waals surface area contributed by atoms with Crippen molar-refractivity contribution in [1.82, 2.24) is 5.01 Å². The fraction of sp³-hybridized carbons (Fsp3) is 0.636. The van der Waals surface area contributed by atoms with Crippen molar-refractivity contribution in [1.29, 1.82) is 0 Å². The van der Waals surface area contributed by atoms with Crippen molar-refractivity contribution < 1.29 is 9.59 Å². The van der Waals surface area contributed by atoms with Crippen LogP contribution in [-0.2, 0) is 9.59 Å². The smallest absolute Gasteiger partial charge is 0.248 e. The number of allylic oxidation sites excluding steroid dienone is 2. The lowest BCUT2D eigenvalue weighted by molar-refractivity contribution is -0.140. The molecule has 0 radical (unpaired) electrons. The van der Waals surface area contributed by atoms with Gasteiger partial charge in [0, 0.05) is 0 Å². The van der Waals surface area contributed by atoms with E-state index >= 15 is 0 Å². The molecule has 5 aliphatic rings. The Kier molecular flexibility index (Phi) is 1.16. The van der Waals surface area contributed by atoms with Gasteiger partial charge in [-0.1, -0.05) is 12.2 Å². The van der Waals surface area contributed by atoms with Gasteiger partial charge in [-0.3, -0.25) is 9.59 Å². The second kappa shape index (κ2) is 2.16. The van der Waals surface area contributed by atoms with Crippen molar-refractivity contribution in [3.63, 3.8) is 0 Å². The van der Waals surface area contributed by atoms with E-state index in [-0.39, 0.29) is 35.5 Å². The molecule has 2 bridgehead atoms. The summed E-state index contributed by atoms with van der Waals surface area (Å²) < 4.78 is 0. The first-order valence-corrected chi connectivity index (χ1v) is 5.51. The summed E-state index contributed by atoms with van der Waals surface area (Å²) in [6, 6.07) is 0. The third-order valence-corrected chi connectivity index (χ3v) is 4.70. The number of hydrogen-bond acceptors (Lipinski definition) is 3. The van der Waals surface area contributed by atoms with Crippen molar-refractivity contribution in [2.75, 3.05) is 0 Å². The lowest BCUT2D eigenvalue weighted by Crippen LogP contribution is -2.40. The van der Waals surface area contributed by atoms with Crippen LogP contribution < -0.4 is 5.84 Å². The maximum atomic E-state index is 11.9. The predicted octanol–water partition coefficient (Wildman–Crippen LogP) is -0.0868. The third-order valence-electron chi connectivity index (χ3n) is 4.70. The Morgan fingerprint density at radius 1 is 1.07 bits per heavy atom. The predicted molar refractivity (Wildman–Crippen MR) is 50.7 cm³/mol. The fourth-order valence-electron chi connectivity index (χ4n) is 3.98. The number of nitrogens with two attached hydrogens (primary N) is 1. The molecule has 5 rings (SSSR count). The van der Waals surface area contributed by atoms with Gasteiger partial charge in [0.1, 0.15) is 0 Å². The molecule has 15 heavy (non-hydrogen) atoms. The maximum absolute atomic E-state index is 11.9. The Bertz CT molecular complexity index is 381. The number of hydrazine groups is 1. The topological polar surface area (TPSA) is 63.4 Å². The van der Waals surface area contributed by atoms with Crippen LogP contribution in [0.3, 0.4) is 0 Å². The SMILES string of the molecule is NN1C(=O)[C@@H]2[C@H]3C=C[C@@H]([C@@H]4C[C@H]34)[C@@H]2C1=O. The second-order valence-corrected chi connectivity index (χ2v) is 5.20. The van der Waals surface area contributed by atoms with E-state index in [1.165, 1.54) is 6.42 Å². The Morgan fingerprint density at radius 3 is 2.00 bits per heavy atom. The van der Waals surface area contributed by atoms with Crippen LogP contribution in [0.5, 0.6) is 0 Å². The molecule has 2 N–H and O–H groups in total. The van der Waals surface area contributed by atoms with Crippen LogP contribution in [-0.4, -0.2) is 16.8 Å². The van der Waals surface area contributed by atoms with Gasteiger partial charge < -0.3 is 0 Å². The average Bonchev–Trinajstić information content (AvgIpc) is 3.02. The summed E-state index contributed by atoms with van der Waals surface area (Å²) in [6.07, 6.45) is 5.48. The summed E-state index contributed by atoms with van der Waals surface area (Å²) in [6.45, 7) is 0. The first-order chi connectivity index (χ1) is 7.20. The number of carbonyl (C=O) groups is 2. The number of rotatable bonds is 0. The number of carbonyl (C=O) groups excluding carboxylic acids is 2. The molecule has 78 valence electrons. The standard InChI is InChI=1S/C11H12N2O2/c12-13-10(14)8-4-1-2-5(7-3-6(4)7)9(8)11(13)15/h1-2,4-9H,3,12H2/t4-,5-,6-,7+,8-,9+/m0/s1. The van der Waals surface area contributed by atoms with Gasteiger partial charge in [-0.25, -0.2) is 10.9 Å². The zero-order chi connectivity index (χ0) is 10.3. The lowest BCUT2D eigenvalue weighted by atomic mass is 9.63. The van der Waals surface area contributed by atoms with Crippen LogP contribution in [0.1, 0.15) is 6.42 Å². The molecule has 4 heteroatoms. The van der Waals surface area contributed by atoms with Gasteiger partial charge in [0.2, 0.25) is 11.8 Å². The van der Waals surface area contributed by atoms with E-state index < -0.39 is 0 Å². The second-order valence-electron chi connectivity index (χ2n) is 5.20. The minimum Gasteiger partial charge on any atom is -0.273 e. The quantitative estimate of drug-likeness (QED) is 0.260. The molecule has 1 saturated heterocycles. The summed E-state index contributed by atoms with van der Waals surface area (Å²) in [7, 11) is 0. The largest absolute Gasteiger partial charge is 0.273 e. The highest BCUT2D eigenvalue weighted by atomic mass is 16.2. The molecule has 1 aliphatic heterocycles. The number of amides is 2. The summed E-state index contributed by atoms with van der Waals surface area (Å²) in [5.74, 6) is 6.80. The molecule has 6 atom stereocenters. The summed E-state index contributed by atoms with van der Waals surface area (Å²) in [4.78, 5) is 23.7. The molecule has 3 fully saturated rings. The minimum atomic E-state index is -0.158. The van der Waals surface area contributed by atoms with E-state index in [9.17, 15) is 9.59 Å². The Morgan fingerprint density at radius 2 is 1.53 bits per heavy atom. The van der Waals surface area contributed by atoms with Crippen LogP contribution in [0, 0.1) is 35.5 Å². The average molecular weight is 204 g/mol.